The van der Waals surface area contributed by atoms with Crippen molar-refractivity contribution in [3.63, 3.8) is 0 Å². The fourth-order valence-electron chi connectivity index (χ4n) is 4.24. The highest BCUT2D eigenvalue weighted by atomic mass is 19.1. The number of fused-ring (bicyclic) bond motifs is 9. The molecular formula is C29H26FN5O5. The molecule has 1 amide bonds. The molecule has 0 atom stereocenters. The Balaban J connectivity index is 1.46. The minimum Gasteiger partial charge on any atom is -0.488 e. The molecule has 204 valence electrons. The van der Waals surface area contributed by atoms with Gasteiger partial charge in [-0.3, -0.25) is 14.9 Å². The van der Waals surface area contributed by atoms with Crippen molar-refractivity contribution >= 4 is 23.2 Å². The number of halogens is 1. The summed E-state index contributed by atoms with van der Waals surface area (Å²) in [5.74, 6) is 0.0168. The summed E-state index contributed by atoms with van der Waals surface area (Å²) >= 11 is 0. The Morgan fingerprint density at radius 3 is 2.80 bits per heavy atom. The minimum atomic E-state index is -0.534. The van der Waals surface area contributed by atoms with Gasteiger partial charge in [-0.25, -0.2) is 14.4 Å². The smallest absolute Gasteiger partial charge is 0.279 e. The molecule has 0 fully saturated rings. The van der Waals surface area contributed by atoms with E-state index < -0.39 is 10.8 Å². The van der Waals surface area contributed by atoms with E-state index in [1.807, 2.05) is 6.07 Å². The Kier molecular flexibility index (Phi) is 8.21. The normalized spacial score (nSPS) is 13.8. The second kappa shape index (κ2) is 12.3. The number of nitrogens with zero attached hydrogens (tertiary/aromatic N) is 3. The zero-order chi connectivity index (χ0) is 27.9. The first-order chi connectivity index (χ1) is 19.5. The molecule has 0 radical (unpaired) electrons. The Morgan fingerprint density at radius 2 is 1.95 bits per heavy atom. The summed E-state index contributed by atoms with van der Waals surface area (Å²) in [7, 11) is 0. The number of carbonyl (C=O) groups is 1. The number of ether oxygens (including phenoxy) is 2. The molecule has 3 aromatic carbocycles. The number of rotatable bonds is 4. The maximum atomic E-state index is 14.1. The van der Waals surface area contributed by atoms with Crippen LogP contribution < -0.4 is 15.4 Å². The summed E-state index contributed by atoms with van der Waals surface area (Å²) in [4.78, 5) is 32.6. The van der Waals surface area contributed by atoms with Crippen LogP contribution in [0, 0.1) is 15.9 Å². The maximum Gasteiger partial charge on any atom is 0.279 e. The first kappa shape index (κ1) is 26.7. The molecule has 6 bridgehead atoms. The average molecular weight is 544 g/mol. The van der Waals surface area contributed by atoms with Gasteiger partial charge in [-0.2, -0.15) is 0 Å². The second-order valence-corrected chi connectivity index (χ2v) is 9.10. The quantitative estimate of drug-likeness (QED) is 0.253. The molecule has 2 N–H and O–H groups in total. The average Bonchev–Trinajstić information content (AvgIpc) is 2.96. The lowest BCUT2D eigenvalue weighted by Crippen LogP contribution is -2.24. The van der Waals surface area contributed by atoms with E-state index in [0.717, 1.165) is 5.56 Å². The van der Waals surface area contributed by atoms with Crippen molar-refractivity contribution in [1.82, 2.24) is 15.3 Å². The third-order valence-corrected chi connectivity index (χ3v) is 6.30. The Labute approximate surface area is 229 Å². The molecule has 4 aromatic rings. The summed E-state index contributed by atoms with van der Waals surface area (Å²) in [5, 5.41) is 17.8. The lowest BCUT2D eigenvalue weighted by molar-refractivity contribution is -0.384. The molecule has 0 aliphatic carbocycles. The number of amides is 1. The molecule has 10 nitrogen and oxygen atoms in total. The molecule has 11 heteroatoms. The van der Waals surface area contributed by atoms with Crippen LogP contribution in [0.5, 0.6) is 5.75 Å². The number of anilines is 2. The number of hydrogen-bond donors (Lipinski definition) is 2. The van der Waals surface area contributed by atoms with Crippen LogP contribution >= 0.6 is 0 Å². The van der Waals surface area contributed by atoms with Gasteiger partial charge < -0.3 is 20.1 Å². The van der Waals surface area contributed by atoms with Gasteiger partial charge in [0, 0.05) is 47.8 Å². The van der Waals surface area contributed by atoms with E-state index in [2.05, 4.69) is 20.6 Å². The third-order valence-electron chi connectivity index (χ3n) is 6.30. The van der Waals surface area contributed by atoms with E-state index in [0.29, 0.717) is 48.7 Å². The summed E-state index contributed by atoms with van der Waals surface area (Å²) in [6.07, 6.45) is 2.83. The number of benzene rings is 3. The van der Waals surface area contributed by atoms with Crippen LogP contribution in [-0.4, -0.2) is 34.0 Å². The van der Waals surface area contributed by atoms with Gasteiger partial charge in [0.05, 0.1) is 22.8 Å². The predicted octanol–water partition coefficient (Wildman–Crippen LogP) is 5.55. The minimum absolute atomic E-state index is 0.0503. The van der Waals surface area contributed by atoms with Crippen molar-refractivity contribution in [3.05, 3.63) is 106 Å². The van der Waals surface area contributed by atoms with Gasteiger partial charge in [0.15, 0.2) is 0 Å². The molecule has 3 heterocycles. The van der Waals surface area contributed by atoms with E-state index in [1.165, 1.54) is 30.5 Å². The zero-order valence-corrected chi connectivity index (χ0v) is 21.4. The first-order valence-corrected chi connectivity index (χ1v) is 12.7. The molecule has 40 heavy (non-hydrogen) atoms. The van der Waals surface area contributed by atoms with E-state index >= 15 is 0 Å². The molecule has 1 aromatic heterocycles. The van der Waals surface area contributed by atoms with Gasteiger partial charge in [0.25, 0.3) is 11.6 Å². The van der Waals surface area contributed by atoms with Gasteiger partial charge in [0.2, 0.25) is 5.95 Å². The highest BCUT2D eigenvalue weighted by molar-refractivity contribution is 5.96. The molecule has 0 unspecified atom stereocenters. The van der Waals surface area contributed by atoms with Crippen LogP contribution in [-0.2, 0) is 18.0 Å². The largest absolute Gasteiger partial charge is 0.488 e. The molecule has 0 spiro atoms. The standard InChI is InChI=1S/C29H26FN5O5/c30-24-6-2-1-5-20(24)18-40-27-10-8-22-15-21(27)17-39-14-4-3-12-31-28(36)19-7-9-23(26(16-19)35(37)38)25-11-13-32-29(33-22)34-25/h1-2,5-11,13,15-16H,3-4,12,14,17-18H2,(H,31,36)(H,32,33,34). The number of nitro benzene ring substituents is 1. The highest BCUT2D eigenvalue weighted by Gasteiger charge is 2.20. The van der Waals surface area contributed by atoms with Crippen molar-refractivity contribution in [2.45, 2.75) is 26.1 Å². The van der Waals surface area contributed by atoms with Crippen LogP contribution in [0.15, 0.2) is 72.9 Å². The van der Waals surface area contributed by atoms with E-state index in [4.69, 9.17) is 9.47 Å². The number of nitro groups is 1. The maximum absolute atomic E-state index is 14.1. The molecule has 2 aliphatic rings. The van der Waals surface area contributed by atoms with Gasteiger partial charge in [-0.15, -0.1) is 0 Å². The molecule has 0 saturated carbocycles. The molecule has 0 saturated heterocycles. The number of carbonyl (C=O) groups excluding carboxylic acids is 1. The molecular weight excluding hydrogens is 517 g/mol. The topological polar surface area (TPSA) is 129 Å². The summed E-state index contributed by atoms with van der Waals surface area (Å²) in [5.41, 5.74) is 2.35. The van der Waals surface area contributed by atoms with Crippen molar-refractivity contribution < 1.29 is 23.6 Å². The predicted molar refractivity (Wildman–Crippen MR) is 146 cm³/mol. The van der Waals surface area contributed by atoms with E-state index in [9.17, 15) is 19.3 Å². The fourth-order valence-corrected chi connectivity index (χ4v) is 4.24. The van der Waals surface area contributed by atoms with Crippen molar-refractivity contribution in [3.8, 4) is 17.0 Å². The fraction of sp³-hybridized carbons (Fsp3) is 0.207. The number of aromatic nitrogens is 2. The Hall–Kier alpha value is -4.90. The monoisotopic (exact) mass is 543 g/mol. The van der Waals surface area contributed by atoms with Gasteiger partial charge >= 0.3 is 0 Å². The van der Waals surface area contributed by atoms with Gasteiger partial charge in [-0.1, -0.05) is 18.2 Å². The van der Waals surface area contributed by atoms with Crippen LogP contribution in [0.3, 0.4) is 0 Å². The van der Waals surface area contributed by atoms with Crippen molar-refractivity contribution in [2.24, 2.45) is 0 Å². The lowest BCUT2D eigenvalue weighted by Gasteiger charge is -2.15. The number of hydrogen-bond acceptors (Lipinski definition) is 8. The van der Waals surface area contributed by atoms with Crippen molar-refractivity contribution in [2.75, 3.05) is 18.5 Å². The van der Waals surface area contributed by atoms with Crippen LogP contribution in [0.2, 0.25) is 0 Å². The van der Waals surface area contributed by atoms with Crippen molar-refractivity contribution in [1.29, 1.82) is 0 Å². The van der Waals surface area contributed by atoms with Gasteiger partial charge in [0.1, 0.15) is 18.2 Å². The van der Waals surface area contributed by atoms with Gasteiger partial charge in [-0.05, 0) is 55.3 Å². The SMILES string of the molecule is O=C1NCCCCOCc2cc(ccc2OCc2ccccc2F)Nc2nccc(n2)-c2ccc1cc2[N+](=O)[O-]. The van der Waals surface area contributed by atoms with E-state index in [1.54, 1.807) is 36.4 Å². The van der Waals surface area contributed by atoms with E-state index in [-0.39, 0.29) is 41.8 Å². The molecule has 2 aliphatic heterocycles. The zero-order valence-electron chi connectivity index (χ0n) is 21.4. The summed E-state index contributed by atoms with van der Waals surface area (Å²) in [6.45, 7) is 1.12. The first-order valence-electron chi connectivity index (χ1n) is 12.7. The summed E-state index contributed by atoms with van der Waals surface area (Å²) < 4.78 is 25.9. The molecule has 6 rings (SSSR count). The lowest BCUT2D eigenvalue weighted by atomic mass is 10.1. The van der Waals surface area contributed by atoms with Crippen LogP contribution in [0.4, 0.5) is 21.7 Å². The number of nitrogens with one attached hydrogen (secondary N) is 2. The Morgan fingerprint density at radius 1 is 1.07 bits per heavy atom. The highest BCUT2D eigenvalue weighted by Crippen LogP contribution is 2.31. The van der Waals surface area contributed by atoms with Crippen LogP contribution in [0.1, 0.15) is 34.3 Å². The second-order valence-electron chi connectivity index (χ2n) is 9.10. The van der Waals surface area contributed by atoms with Crippen LogP contribution in [0.25, 0.3) is 11.3 Å². The summed E-state index contributed by atoms with van der Waals surface area (Å²) in [6, 6.07) is 17.7. The Bertz CT molecular complexity index is 1550. The third kappa shape index (κ3) is 6.38.